The number of carbonyl (C=O) groups excluding carboxylic acids is 1. The van der Waals surface area contributed by atoms with Crippen molar-refractivity contribution in [3.05, 3.63) is 23.3 Å². The molecule has 1 amide bonds. The number of hydrogen-bond donors (Lipinski definition) is 2. The summed E-state index contributed by atoms with van der Waals surface area (Å²) in [5.74, 6) is 0.144. The van der Waals surface area contributed by atoms with Crippen molar-refractivity contribution in [1.82, 2.24) is 4.90 Å². The van der Waals surface area contributed by atoms with E-state index in [1.807, 2.05) is 25.8 Å². The van der Waals surface area contributed by atoms with E-state index < -0.39 is 0 Å². The fourth-order valence-electron chi connectivity index (χ4n) is 2.31. The Hall–Kier alpha value is -1.59. The molecule has 0 saturated carbocycles. The number of carbonyl (C=O) groups is 1. The van der Waals surface area contributed by atoms with Crippen molar-refractivity contribution in [2.24, 2.45) is 0 Å². The number of rotatable bonds is 2. The van der Waals surface area contributed by atoms with Gasteiger partial charge in [-0.3, -0.25) is 9.69 Å². The number of aryl methyl sites for hydroxylation is 2. The largest absolute Gasteiger partial charge is 0.508 e. The van der Waals surface area contributed by atoms with Crippen LogP contribution in [0.25, 0.3) is 0 Å². The Bertz CT molecular complexity index is 465. The zero-order valence-electron chi connectivity index (χ0n) is 11.6. The molecule has 2 rings (SSSR count). The van der Waals surface area contributed by atoms with Gasteiger partial charge in [-0.15, -0.1) is 0 Å². The molecular weight excluding hydrogens is 244 g/mol. The molecule has 1 aliphatic rings. The van der Waals surface area contributed by atoms with Gasteiger partial charge in [0.25, 0.3) is 0 Å². The Morgan fingerprint density at radius 1 is 1.42 bits per heavy atom. The second-order valence-electron chi connectivity index (χ2n) is 5.02. The third-order valence-corrected chi connectivity index (χ3v) is 3.46. The molecule has 2 N–H and O–H groups in total. The van der Waals surface area contributed by atoms with Crippen LogP contribution in [0.1, 0.15) is 11.1 Å². The van der Waals surface area contributed by atoms with Crippen molar-refractivity contribution in [2.75, 3.05) is 32.1 Å². The zero-order chi connectivity index (χ0) is 14.0. The van der Waals surface area contributed by atoms with E-state index in [9.17, 15) is 9.90 Å². The van der Waals surface area contributed by atoms with Crippen molar-refractivity contribution in [2.45, 2.75) is 19.9 Å². The van der Waals surface area contributed by atoms with Crippen LogP contribution in [0.3, 0.4) is 0 Å². The van der Waals surface area contributed by atoms with Gasteiger partial charge in [0.1, 0.15) is 11.8 Å². The van der Waals surface area contributed by atoms with Gasteiger partial charge in [-0.1, -0.05) is 0 Å². The third kappa shape index (κ3) is 3.05. The quantitative estimate of drug-likeness (QED) is 0.790. The van der Waals surface area contributed by atoms with Crippen molar-refractivity contribution in [1.29, 1.82) is 0 Å². The highest BCUT2D eigenvalue weighted by Crippen LogP contribution is 2.25. The molecule has 0 bridgehead atoms. The maximum atomic E-state index is 12.3. The normalized spacial score (nSPS) is 20.3. The summed E-state index contributed by atoms with van der Waals surface area (Å²) in [6.07, 6.45) is 0. The Balaban J connectivity index is 2.14. The molecule has 5 heteroatoms. The summed E-state index contributed by atoms with van der Waals surface area (Å²) in [5, 5.41) is 12.4. The number of aromatic hydroxyl groups is 1. The van der Waals surface area contributed by atoms with Crippen molar-refractivity contribution in [3.63, 3.8) is 0 Å². The Labute approximate surface area is 113 Å². The van der Waals surface area contributed by atoms with E-state index in [-0.39, 0.29) is 17.7 Å². The minimum absolute atomic E-state index is 0.0703. The molecule has 0 radical (unpaired) electrons. The number of amides is 1. The summed E-state index contributed by atoms with van der Waals surface area (Å²) in [4.78, 5) is 14.3. The number of anilines is 1. The lowest BCUT2D eigenvalue weighted by Gasteiger charge is -2.31. The number of ether oxygens (including phenoxy) is 1. The molecule has 1 aromatic rings. The fraction of sp³-hybridized carbons (Fsp3) is 0.500. The summed E-state index contributed by atoms with van der Waals surface area (Å²) in [6.45, 7) is 5.56. The number of hydrogen-bond acceptors (Lipinski definition) is 4. The summed E-state index contributed by atoms with van der Waals surface area (Å²) in [7, 11) is 1.92. The number of likely N-dealkylation sites (N-methyl/N-ethyl adjacent to an activating group) is 1. The molecule has 1 unspecified atom stereocenters. The number of nitrogens with one attached hydrogen (secondary N) is 1. The molecule has 1 aromatic carbocycles. The minimum atomic E-state index is -0.263. The van der Waals surface area contributed by atoms with Gasteiger partial charge in [0.05, 0.1) is 13.2 Å². The molecule has 1 atom stereocenters. The topological polar surface area (TPSA) is 61.8 Å². The lowest BCUT2D eigenvalue weighted by atomic mass is 10.1. The summed E-state index contributed by atoms with van der Waals surface area (Å²) >= 11 is 0. The van der Waals surface area contributed by atoms with Gasteiger partial charge < -0.3 is 15.2 Å². The first-order chi connectivity index (χ1) is 8.99. The highest BCUT2D eigenvalue weighted by molar-refractivity contribution is 5.96. The molecule has 0 aliphatic carbocycles. The van der Waals surface area contributed by atoms with Gasteiger partial charge in [0.15, 0.2) is 0 Å². The smallest absolute Gasteiger partial charge is 0.244 e. The van der Waals surface area contributed by atoms with E-state index in [0.29, 0.717) is 13.2 Å². The van der Waals surface area contributed by atoms with Gasteiger partial charge in [-0.25, -0.2) is 0 Å². The maximum absolute atomic E-state index is 12.3. The average molecular weight is 264 g/mol. The molecular formula is C14H20N2O3. The maximum Gasteiger partial charge on any atom is 0.244 e. The van der Waals surface area contributed by atoms with Crippen LogP contribution < -0.4 is 5.32 Å². The predicted octanol–water partition coefficient (Wildman–Crippen LogP) is 1.28. The molecule has 1 fully saturated rings. The van der Waals surface area contributed by atoms with Crippen LogP contribution in [0.5, 0.6) is 5.75 Å². The Morgan fingerprint density at radius 3 is 2.63 bits per heavy atom. The van der Waals surface area contributed by atoms with E-state index in [1.165, 1.54) is 0 Å². The highest BCUT2D eigenvalue weighted by atomic mass is 16.5. The SMILES string of the molecule is Cc1cc(O)cc(C)c1NC(=O)C1COCCN1C. The minimum Gasteiger partial charge on any atom is -0.508 e. The summed E-state index contributed by atoms with van der Waals surface area (Å²) in [5.41, 5.74) is 2.47. The van der Waals surface area contributed by atoms with Crippen LogP contribution in [-0.4, -0.2) is 48.8 Å². The molecule has 0 aromatic heterocycles. The summed E-state index contributed by atoms with van der Waals surface area (Å²) < 4.78 is 5.35. The number of phenolic OH excluding ortho intramolecular Hbond substituents is 1. The van der Waals surface area contributed by atoms with Crippen LogP contribution in [0.4, 0.5) is 5.69 Å². The Kier molecular flexibility index (Phi) is 4.07. The zero-order valence-corrected chi connectivity index (χ0v) is 11.6. The molecule has 1 saturated heterocycles. The van der Waals surface area contributed by atoms with Crippen LogP contribution in [0.2, 0.25) is 0 Å². The highest BCUT2D eigenvalue weighted by Gasteiger charge is 2.27. The first kappa shape index (κ1) is 13.8. The van der Waals surface area contributed by atoms with Crippen molar-refractivity contribution in [3.8, 4) is 5.75 Å². The van der Waals surface area contributed by atoms with Crippen LogP contribution in [0, 0.1) is 13.8 Å². The Morgan fingerprint density at radius 2 is 2.05 bits per heavy atom. The number of benzene rings is 1. The monoisotopic (exact) mass is 264 g/mol. The lowest BCUT2D eigenvalue weighted by molar-refractivity contribution is -0.126. The van der Waals surface area contributed by atoms with Crippen molar-refractivity contribution >= 4 is 11.6 Å². The van der Waals surface area contributed by atoms with Crippen LogP contribution in [0.15, 0.2) is 12.1 Å². The standard InChI is InChI=1S/C14H20N2O3/c1-9-6-11(17)7-10(2)13(9)15-14(18)12-8-19-5-4-16(12)3/h6-7,12,17H,4-5,8H2,1-3H3,(H,15,18). The molecule has 1 heterocycles. The predicted molar refractivity (Wildman–Crippen MR) is 73.4 cm³/mol. The molecule has 5 nitrogen and oxygen atoms in total. The second-order valence-corrected chi connectivity index (χ2v) is 5.02. The lowest BCUT2D eigenvalue weighted by Crippen LogP contribution is -2.49. The van der Waals surface area contributed by atoms with E-state index in [2.05, 4.69) is 5.32 Å². The van der Waals surface area contributed by atoms with Crippen molar-refractivity contribution < 1.29 is 14.6 Å². The van der Waals surface area contributed by atoms with E-state index >= 15 is 0 Å². The second kappa shape index (κ2) is 5.59. The molecule has 0 spiro atoms. The number of morpholine rings is 1. The third-order valence-electron chi connectivity index (χ3n) is 3.46. The van der Waals surface area contributed by atoms with Crippen LogP contribution in [-0.2, 0) is 9.53 Å². The first-order valence-corrected chi connectivity index (χ1v) is 6.38. The van der Waals surface area contributed by atoms with Gasteiger partial charge in [-0.05, 0) is 44.2 Å². The molecule has 104 valence electrons. The number of nitrogens with zero attached hydrogens (tertiary/aromatic N) is 1. The van der Waals surface area contributed by atoms with E-state index in [4.69, 9.17) is 4.74 Å². The molecule has 1 aliphatic heterocycles. The average Bonchev–Trinajstić information content (AvgIpc) is 2.34. The van der Waals surface area contributed by atoms with Gasteiger partial charge in [0, 0.05) is 12.2 Å². The van der Waals surface area contributed by atoms with E-state index in [0.717, 1.165) is 23.4 Å². The summed E-state index contributed by atoms with van der Waals surface area (Å²) in [6, 6.07) is 3.02. The fourth-order valence-corrected chi connectivity index (χ4v) is 2.31. The van der Waals surface area contributed by atoms with Gasteiger partial charge in [-0.2, -0.15) is 0 Å². The molecule has 19 heavy (non-hydrogen) atoms. The van der Waals surface area contributed by atoms with Gasteiger partial charge >= 0.3 is 0 Å². The first-order valence-electron chi connectivity index (χ1n) is 6.38. The van der Waals surface area contributed by atoms with Gasteiger partial charge in [0.2, 0.25) is 5.91 Å². The van der Waals surface area contributed by atoms with Crippen LogP contribution >= 0.6 is 0 Å². The number of phenols is 1. The van der Waals surface area contributed by atoms with E-state index in [1.54, 1.807) is 12.1 Å².